The zero-order chi connectivity index (χ0) is 16.4. The van der Waals surface area contributed by atoms with Crippen LogP contribution in [0.15, 0.2) is 18.2 Å². The maximum absolute atomic E-state index is 12.0. The van der Waals surface area contributed by atoms with Gasteiger partial charge in [0.2, 0.25) is 0 Å². The van der Waals surface area contributed by atoms with Crippen LogP contribution in [-0.2, 0) is 14.3 Å². The minimum Gasteiger partial charge on any atom is -0.493 e. The molecule has 0 saturated carbocycles. The van der Waals surface area contributed by atoms with Crippen molar-refractivity contribution >= 4 is 11.9 Å². The van der Waals surface area contributed by atoms with Gasteiger partial charge >= 0.3 is 11.9 Å². The molecule has 0 aliphatic carbocycles. The van der Waals surface area contributed by atoms with E-state index in [9.17, 15) is 9.59 Å². The van der Waals surface area contributed by atoms with Crippen LogP contribution in [0.2, 0.25) is 0 Å². The van der Waals surface area contributed by atoms with Crippen molar-refractivity contribution in [1.82, 2.24) is 0 Å². The molecule has 0 spiro atoms. The summed E-state index contributed by atoms with van der Waals surface area (Å²) in [5.41, 5.74) is 0.162. The lowest BCUT2D eigenvalue weighted by Gasteiger charge is -2.11. The zero-order valence-electron chi connectivity index (χ0n) is 12.7. The van der Waals surface area contributed by atoms with Crippen LogP contribution in [0.25, 0.3) is 0 Å². The van der Waals surface area contributed by atoms with Gasteiger partial charge in [-0.25, -0.2) is 9.59 Å². The molecule has 0 aliphatic heterocycles. The standard InChI is InChI=1S/C15H20O7/c1-19-12-7-5-6-11(14(12)20-2)15(18)22-10-13(17)21-9-4-3-8-16/h5-7,16H,3-4,8-10H2,1-2H3. The molecule has 1 rings (SSSR count). The van der Waals surface area contributed by atoms with Gasteiger partial charge in [-0.1, -0.05) is 6.07 Å². The second-order valence-electron chi connectivity index (χ2n) is 4.27. The number of aliphatic hydroxyl groups is 1. The largest absolute Gasteiger partial charge is 0.493 e. The van der Waals surface area contributed by atoms with Crippen LogP contribution in [-0.4, -0.2) is 51.1 Å². The van der Waals surface area contributed by atoms with E-state index in [-0.39, 0.29) is 24.5 Å². The molecule has 0 amide bonds. The van der Waals surface area contributed by atoms with E-state index >= 15 is 0 Å². The van der Waals surface area contributed by atoms with E-state index in [4.69, 9.17) is 24.1 Å². The smallest absolute Gasteiger partial charge is 0.344 e. The lowest BCUT2D eigenvalue weighted by Crippen LogP contribution is -2.17. The molecule has 0 aromatic heterocycles. The summed E-state index contributed by atoms with van der Waals surface area (Å²) in [6, 6.07) is 4.77. The molecule has 0 atom stereocenters. The summed E-state index contributed by atoms with van der Waals surface area (Å²) in [6.07, 6.45) is 1.11. The predicted molar refractivity (Wildman–Crippen MR) is 77.1 cm³/mol. The molecule has 0 unspecified atom stereocenters. The molecule has 0 radical (unpaired) electrons. The molecule has 7 nitrogen and oxygen atoms in total. The van der Waals surface area contributed by atoms with Crippen LogP contribution >= 0.6 is 0 Å². The summed E-state index contributed by atoms with van der Waals surface area (Å²) < 4.78 is 19.9. The Morgan fingerprint density at radius 1 is 1.09 bits per heavy atom. The van der Waals surface area contributed by atoms with Gasteiger partial charge in [-0.2, -0.15) is 0 Å². The quantitative estimate of drug-likeness (QED) is 0.540. The predicted octanol–water partition coefficient (Wildman–Crippen LogP) is 1.18. The fourth-order valence-electron chi connectivity index (χ4n) is 1.69. The van der Waals surface area contributed by atoms with Gasteiger partial charge in [0.05, 0.1) is 20.8 Å². The van der Waals surface area contributed by atoms with Crippen LogP contribution in [0, 0.1) is 0 Å². The van der Waals surface area contributed by atoms with Gasteiger partial charge < -0.3 is 24.1 Å². The second-order valence-corrected chi connectivity index (χ2v) is 4.27. The van der Waals surface area contributed by atoms with Crippen molar-refractivity contribution in [3.63, 3.8) is 0 Å². The normalized spacial score (nSPS) is 9.95. The second kappa shape index (κ2) is 9.62. The number of esters is 2. The molecule has 7 heteroatoms. The topological polar surface area (TPSA) is 91.3 Å². The third-order valence-corrected chi connectivity index (χ3v) is 2.76. The van der Waals surface area contributed by atoms with Gasteiger partial charge in [0.25, 0.3) is 0 Å². The highest BCUT2D eigenvalue weighted by Crippen LogP contribution is 2.30. The van der Waals surface area contributed by atoms with Gasteiger partial charge in [-0.05, 0) is 25.0 Å². The van der Waals surface area contributed by atoms with E-state index in [1.165, 1.54) is 20.3 Å². The molecule has 1 aromatic carbocycles. The molecule has 1 N–H and O–H groups in total. The Balaban J connectivity index is 2.54. The minimum absolute atomic E-state index is 0.0438. The first-order valence-corrected chi connectivity index (χ1v) is 6.78. The third kappa shape index (κ3) is 5.25. The van der Waals surface area contributed by atoms with Crippen molar-refractivity contribution in [1.29, 1.82) is 0 Å². The number of ether oxygens (including phenoxy) is 4. The first-order chi connectivity index (χ1) is 10.6. The highest BCUT2D eigenvalue weighted by molar-refractivity contribution is 5.94. The number of para-hydroxylation sites is 1. The Kier molecular flexibility index (Phi) is 7.77. The summed E-state index contributed by atoms with van der Waals surface area (Å²) in [5, 5.41) is 8.59. The summed E-state index contributed by atoms with van der Waals surface area (Å²) >= 11 is 0. The Morgan fingerprint density at radius 3 is 2.50 bits per heavy atom. The van der Waals surface area contributed by atoms with E-state index in [0.717, 1.165) is 0 Å². The van der Waals surface area contributed by atoms with Crippen LogP contribution < -0.4 is 9.47 Å². The third-order valence-electron chi connectivity index (χ3n) is 2.76. The van der Waals surface area contributed by atoms with E-state index in [2.05, 4.69) is 0 Å². The van der Waals surface area contributed by atoms with Crippen molar-refractivity contribution in [2.24, 2.45) is 0 Å². The highest BCUT2D eigenvalue weighted by Gasteiger charge is 2.18. The number of hydrogen-bond acceptors (Lipinski definition) is 7. The molecule has 0 saturated heterocycles. The summed E-state index contributed by atoms with van der Waals surface area (Å²) in [7, 11) is 2.86. The number of carbonyl (C=O) groups is 2. The molecule has 1 aromatic rings. The maximum Gasteiger partial charge on any atom is 0.344 e. The molecule has 0 bridgehead atoms. The average molecular weight is 312 g/mol. The average Bonchev–Trinajstić information content (AvgIpc) is 2.55. The fraction of sp³-hybridized carbons (Fsp3) is 0.467. The van der Waals surface area contributed by atoms with E-state index in [1.54, 1.807) is 12.1 Å². The highest BCUT2D eigenvalue weighted by atomic mass is 16.6. The summed E-state index contributed by atoms with van der Waals surface area (Å²) in [6.45, 7) is -0.264. The molecule has 0 fully saturated rings. The van der Waals surface area contributed by atoms with E-state index < -0.39 is 18.5 Å². The number of unbranched alkanes of at least 4 members (excludes halogenated alkanes) is 1. The number of benzene rings is 1. The summed E-state index contributed by atoms with van der Waals surface area (Å²) in [5.74, 6) is -0.717. The molecular formula is C15H20O7. The van der Waals surface area contributed by atoms with E-state index in [1.807, 2.05) is 0 Å². The number of hydrogen-bond donors (Lipinski definition) is 1. The first kappa shape index (κ1) is 17.8. The van der Waals surface area contributed by atoms with Crippen molar-refractivity contribution < 1.29 is 33.6 Å². The van der Waals surface area contributed by atoms with Crippen molar-refractivity contribution in [3.05, 3.63) is 23.8 Å². The first-order valence-electron chi connectivity index (χ1n) is 6.78. The van der Waals surface area contributed by atoms with Crippen molar-refractivity contribution in [3.8, 4) is 11.5 Å². The zero-order valence-corrected chi connectivity index (χ0v) is 12.7. The van der Waals surface area contributed by atoms with Crippen LogP contribution in [0.1, 0.15) is 23.2 Å². The molecule has 0 aliphatic rings. The van der Waals surface area contributed by atoms with Gasteiger partial charge in [-0.3, -0.25) is 0 Å². The minimum atomic E-state index is -0.706. The maximum atomic E-state index is 12.0. The Bertz CT molecular complexity index is 499. The SMILES string of the molecule is COc1cccc(C(=O)OCC(=O)OCCCCO)c1OC. The molecule has 122 valence electrons. The monoisotopic (exact) mass is 312 g/mol. The molecule has 22 heavy (non-hydrogen) atoms. The van der Waals surface area contributed by atoms with Crippen LogP contribution in [0.3, 0.4) is 0 Å². The Labute approximate surface area is 128 Å². The Hall–Kier alpha value is -2.28. The van der Waals surface area contributed by atoms with Crippen molar-refractivity contribution in [2.75, 3.05) is 34.0 Å². The lowest BCUT2D eigenvalue weighted by atomic mass is 10.2. The van der Waals surface area contributed by atoms with Gasteiger partial charge in [0.1, 0.15) is 5.56 Å². The van der Waals surface area contributed by atoms with Gasteiger partial charge in [0.15, 0.2) is 18.1 Å². The molecular weight excluding hydrogens is 292 g/mol. The van der Waals surface area contributed by atoms with Gasteiger partial charge in [-0.15, -0.1) is 0 Å². The number of carbonyl (C=O) groups excluding carboxylic acids is 2. The fourth-order valence-corrected chi connectivity index (χ4v) is 1.69. The van der Waals surface area contributed by atoms with Gasteiger partial charge in [0, 0.05) is 6.61 Å². The van der Waals surface area contributed by atoms with Crippen molar-refractivity contribution in [2.45, 2.75) is 12.8 Å². The van der Waals surface area contributed by atoms with E-state index in [0.29, 0.717) is 18.6 Å². The number of rotatable bonds is 9. The molecule has 0 heterocycles. The Morgan fingerprint density at radius 2 is 1.86 bits per heavy atom. The summed E-state index contributed by atoms with van der Waals surface area (Å²) in [4.78, 5) is 23.4. The van der Waals surface area contributed by atoms with Crippen LogP contribution in [0.4, 0.5) is 0 Å². The lowest BCUT2D eigenvalue weighted by molar-refractivity contribution is -0.147. The number of methoxy groups -OCH3 is 2. The number of aliphatic hydroxyl groups excluding tert-OH is 1. The van der Waals surface area contributed by atoms with Crippen LogP contribution in [0.5, 0.6) is 11.5 Å².